The van der Waals surface area contributed by atoms with Crippen LogP contribution < -0.4 is 0 Å². The van der Waals surface area contributed by atoms with Crippen molar-refractivity contribution in [1.29, 1.82) is 0 Å². The van der Waals surface area contributed by atoms with Crippen molar-refractivity contribution < 1.29 is 13.2 Å². The van der Waals surface area contributed by atoms with Crippen molar-refractivity contribution >= 4 is 0 Å². The molecule has 1 aromatic heterocycles. The third kappa shape index (κ3) is 1.30. The largest absolute Gasteiger partial charge is 0.444 e. The molecule has 0 amide bonds. The lowest BCUT2D eigenvalue weighted by atomic mass is 10.2. The lowest BCUT2D eigenvalue weighted by Crippen LogP contribution is -1.88. The average Bonchev–Trinajstić information content (AvgIpc) is 2.62. The van der Waals surface area contributed by atoms with Gasteiger partial charge < -0.3 is 4.42 Å². The Hall–Kier alpha value is -1.71. The quantitative estimate of drug-likeness (QED) is 0.675. The van der Waals surface area contributed by atoms with E-state index in [1.54, 1.807) is 0 Å². The smallest absolute Gasteiger partial charge is 0.228 e. The summed E-state index contributed by atoms with van der Waals surface area (Å²) in [5.41, 5.74) is 0.0324. The Balaban J connectivity index is 2.59. The van der Waals surface area contributed by atoms with E-state index in [0.717, 1.165) is 6.07 Å². The number of hydrogen-bond acceptors (Lipinski definition) is 2. The number of benzene rings is 1. The summed E-state index contributed by atoms with van der Waals surface area (Å²) < 4.78 is 30.7. The Morgan fingerprint density at radius 2 is 2.08 bits per heavy atom. The minimum absolute atomic E-state index is 0.0324. The van der Waals surface area contributed by atoms with Gasteiger partial charge in [0.2, 0.25) is 5.89 Å². The maximum atomic E-state index is 13.1. The molecule has 0 fully saturated rings. The van der Waals surface area contributed by atoms with Crippen molar-refractivity contribution in [3.05, 3.63) is 42.3 Å². The second-order valence-electron chi connectivity index (χ2n) is 2.44. The van der Waals surface area contributed by atoms with Gasteiger partial charge in [-0.15, -0.1) is 0 Å². The highest BCUT2D eigenvalue weighted by Gasteiger charge is 2.12. The van der Waals surface area contributed by atoms with E-state index in [-0.39, 0.29) is 11.5 Å². The van der Waals surface area contributed by atoms with Crippen LogP contribution in [0.1, 0.15) is 0 Å². The molecule has 4 heteroatoms. The normalized spacial score (nSPS) is 10.3. The number of oxazole rings is 1. The van der Waals surface area contributed by atoms with Gasteiger partial charge in [-0.2, -0.15) is 0 Å². The molecule has 0 bridgehead atoms. The third-order valence-electron chi connectivity index (χ3n) is 1.61. The number of halogens is 2. The van der Waals surface area contributed by atoms with Gasteiger partial charge in [0.05, 0.1) is 11.8 Å². The highest BCUT2D eigenvalue weighted by Crippen LogP contribution is 2.22. The fourth-order valence-corrected chi connectivity index (χ4v) is 1.03. The maximum absolute atomic E-state index is 13.1. The molecule has 0 N–H and O–H groups in total. The monoisotopic (exact) mass is 181 g/mol. The van der Waals surface area contributed by atoms with Gasteiger partial charge in [0.15, 0.2) is 11.6 Å². The molecule has 0 radical (unpaired) electrons. The standard InChI is InChI=1S/C9H5F2NO/c10-7-3-1-2-6(8(7)11)9-12-4-5-13-9/h1-5H. The highest BCUT2D eigenvalue weighted by molar-refractivity contribution is 5.53. The predicted octanol–water partition coefficient (Wildman–Crippen LogP) is 2.62. The van der Waals surface area contributed by atoms with Gasteiger partial charge in [-0.3, -0.25) is 0 Å². The summed E-state index contributed by atoms with van der Waals surface area (Å²) in [5, 5.41) is 0. The molecule has 1 aromatic carbocycles. The number of hydrogen-bond donors (Lipinski definition) is 0. The first-order valence-corrected chi connectivity index (χ1v) is 3.63. The van der Waals surface area contributed by atoms with E-state index in [9.17, 15) is 8.78 Å². The molecule has 2 rings (SSSR count). The van der Waals surface area contributed by atoms with Crippen molar-refractivity contribution in [3.8, 4) is 11.5 Å². The van der Waals surface area contributed by atoms with Crippen LogP contribution >= 0.6 is 0 Å². The summed E-state index contributed by atoms with van der Waals surface area (Å²) in [7, 11) is 0. The second-order valence-corrected chi connectivity index (χ2v) is 2.44. The van der Waals surface area contributed by atoms with Crippen molar-refractivity contribution in [3.63, 3.8) is 0 Å². The van der Waals surface area contributed by atoms with Gasteiger partial charge in [0.1, 0.15) is 6.26 Å². The van der Waals surface area contributed by atoms with E-state index >= 15 is 0 Å². The van der Waals surface area contributed by atoms with Gasteiger partial charge in [-0.25, -0.2) is 13.8 Å². The molecule has 2 nitrogen and oxygen atoms in total. The van der Waals surface area contributed by atoms with Crippen LogP contribution in [-0.2, 0) is 0 Å². The van der Waals surface area contributed by atoms with E-state index in [2.05, 4.69) is 4.98 Å². The van der Waals surface area contributed by atoms with Crippen molar-refractivity contribution in [2.75, 3.05) is 0 Å². The molecule has 0 saturated carbocycles. The van der Waals surface area contributed by atoms with E-state index in [1.807, 2.05) is 0 Å². The minimum atomic E-state index is -0.940. The van der Waals surface area contributed by atoms with Gasteiger partial charge in [0, 0.05) is 0 Å². The molecule has 0 saturated heterocycles. The summed E-state index contributed by atoms with van der Waals surface area (Å²) >= 11 is 0. The van der Waals surface area contributed by atoms with Crippen molar-refractivity contribution in [2.24, 2.45) is 0 Å². The lowest BCUT2D eigenvalue weighted by molar-refractivity contribution is 0.502. The summed E-state index contributed by atoms with van der Waals surface area (Å²) in [6.45, 7) is 0. The molecular weight excluding hydrogens is 176 g/mol. The Kier molecular flexibility index (Phi) is 1.81. The van der Waals surface area contributed by atoms with Crippen LogP contribution in [0.4, 0.5) is 8.78 Å². The highest BCUT2D eigenvalue weighted by atomic mass is 19.2. The lowest BCUT2D eigenvalue weighted by Gasteiger charge is -1.97. The first-order chi connectivity index (χ1) is 6.29. The minimum Gasteiger partial charge on any atom is -0.444 e. The fourth-order valence-electron chi connectivity index (χ4n) is 1.03. The number of aromatic nitrogens is 1. The van der Waals surface area contributed by atoms with E-state index in [0.29, 0.717) is 0 Å². The average molecular weight is 181 g/mol. The van der Waals surface area contributed by atoms with Crippen LogP contribution in [0.25, 0.3) is 11.5 Å². The Morgan fingerprint density at radius 1 is 1.23 bits per heavy atom. The zero-order chi connectivity index (χ0) is 9.26. The van der Waals surface area contributed by atoms with Gasteiger partial charge in [-0.05, 0) is 12.1 Å². The maximum Gasteiger partial charge on any atom is 0.228 e. The molecule has 2 aromatic rings. The Bertz CT molecular complexity index is 412. The SMILES string of the molecule is Fc1cccc(-c2ncco2)c1F. The predicted molar refractivity (Wildman–Crippen MR) is 41.9 cm³/mol. The van der Waals surface area contributed by atoms with Crippen molar-refractivity contribution in [1.82, 2.24) is 4.98 Å². The van der Waals surface area contributed by atoms with E-state index < -0.39 is 11.6 Å². The zero-order valence-corrected chi connectivity index (χ0v) is 6.50. The summed E-state index contributed by atoms with van der Waals surface area (Å²) in [6, 6.07) is 3.85. The van der Waals surface area contributed by atoms with Crippen LogP contribution in [0.3, 0.4) is 0 Å². The molecule has 0 aliphatic rings. The Labute approximate surface area is 72.8 Å². The first-order valence-electron chi connectivity index (χ1n) is 3.63. The van der Waals surface area contributed by atoms with E-state index in [4.69, 9.17) is 4.42 Å². The molecule has 0 atom stereocenters. The molecule has 13 heavy (non-hydrogen) atoms. The fraction of sp³-hybridized carbons (Fsp3) is 0. The molecule has 66 valence electrons. The number of rotatable bonds is 1. The molecule has 0 aliphatic heterocycles. The molecule has 0 aliphatic carbocycles. The van der Waals surface area contributed by atoms with Crippen LogP contribution in [0.15, 0.2) is 35.1 Å². The summed E-state index contributed by atoms with van der Waals surface area (Å²) in [4.78, 5) is 3.72. The summed E-state index contributed by atoms with van der Waals surface area (Å²) in [6.07, 6.45) is 2.68. The van der Waals surface area contributed by atoms with E-state index in [1.165, 1.54) is 24.6 Å². The first kappa shape index (κ1) is 7.91. The van der Waals surface area contributed by atoms with Crippen LogP contribution in [0, 0.1) is 11.6 Å². The molecule has 0 unspecified atom stereocenters. The van der Waals surface area contributed by atoms with Crippen LogP contribution in [0.5, 0.6) is 0 Å². The van der Waals surface area contributed by atoms with Crippen LogP contribution in [0.2, 0.25) is 0 Å². The topological polar surface area (TPSA) is 26.0 Å². The van der Waals surface area contributed by atoms with Gasteiger partial charge in [0.25, 0.3) is 0 Å². The van der Waals surface area contributed by atoms with Gasteiger partial charge in [-0.1, -0.05) is 6.07 Å². The molecule has 0 spiro atoms. The number of nitrogens with zero attached hydrogens (tertiary/aromatic N) is 1. The van der Waals surface area contributed by atoms with Gasteiger partial charge >= 0.3 is 0 Å². The zero-order valence-electron chi connectivity index (χ0n) is 6.50. The Morgan fingerprint density at radius 3 is 2.77 bits per heavy atom. The van der Waals surface area contributed by atoms with Crippen molar-refractivity contribution in [2.45, 2.75) is 0 Å². The van der Waals surface area contributed by atoms with Crippen LogP contribution in [-0.4, -0.2) is 4.98 Å². The third-order valence-corrected chi connectivity index (χ3v) is 1.61. The summed E-state index contributed by atoms with van der Waals surface area (Å²) in [5.74, 6) is -1.77. The molecule has 1 heterocycles. The molecular formula is C9H5F2NO. The second kappa shape index (κ2) is 2.97.